The minimum Gasteiger partial charge on any atom is -0.338 e. The summed E-state index contributed by atoms with van der Waals surface area (Å²) in [6, 6.07) is 8.55. The van der Waals surface area contributed by atoms with E-state index in [1.165, 1.54) is 17.5 Å². The molecule has 3 heteroatoms. The van der Waals surface area contributed by atoms with Crippen LogP contribution in [-0.2, 0) is 11.2 Å². The molecule has 1 amide bonds. The molecule has 1 fully saturated rings. The van der Waals surface area contributed by atoms with Gasteiger partial charge in [-0.15, -0.1) is 0 Å². The van der Waals surface area contributed by atoms with Crippen molar-refractivity contribution < 1.29 is 4.79 Å². The number of carbonyl (C=O) groups is 1. The monoisotopic (exact) mass is 260 g/mol. The molecule has 2 rings (SSSR count). The Morgan fingerprint density at radius 2 is 2.16 bits per heavy atom. The summed E-state index contributed by atoms with van der Waals surface area (Å²) in [5, 5.41) is 0. The maximum absolute atomic E-state index is 12.3. The molecular weight excluding hydrogens is 236 g/mol. The first-order chi connectivity index (χ1) is 9.22. The van der Waals surface area contributed by atoms with E-state index in [0.29, 0.717) is 13.0 Å². The lowest BCUT2D eigenvalue weighted by molar-refractivity contribution is -0.134. The van der Waals surface area contributed by atoms with Crippen LogP contribution in [0.25, 0.3) is 0 Å². The number of hydrogen-bond acceptors (Lipinski definition) is 2. The molecule has 1 saturated heterocycles. The van der Waals surface area contributed by atoms with E-state index in [1.807, 2.05) is 17.0 Å². The molecule has 0 saturated carbocycles. The number of hydrogen-bond donors (Lipinski definition) is 1. The topological polar surface area (TPSA) is 46.3 Å². The molecule has 1 aliphatic heterocycles. The lowest BCUT2D eigenvalue weighted by Crippen LogP contribution is -2.47. The second-order valence-corrected chi connectivity index (χ2v) is 5.40. The van der Waals surface area contributed by atoms with Gasteiger partial charge in [0.25, 0.3) is 0 Å². The molecule has 1 atom stereocenters. The average Bonchev–Trinajstić information content (AvgIpc) is 2.46. The highest BCUT2D eigenvalue weighted by molar-refractivity contribution is 5.77. The van der Waals surface area contributed by atoms with Crippen LogP contribution in [0, 0.1) is 6.92 Å². The lowest BCUT2D eigenvalue weighted by Gasteiger charge is -2.35. The van der Waals surface area contributed by atoms with E-state index in [-0.39, 0.29) is 11.9 Å². The largest absolute Gasteiger partial charge is 0.338 e. The molecule has 0 radical (unpaired) electrons. The van der Waals surface area contributed by atoms with Crippen LogP contribution in [0.1, 0.15) is 36.8 Å². The predicted octanol–water partition coefficient (Wildman–Crippen LogP) is 2.27. The van der Waals surface area contributed by atoms with E-state index >= 15 is 0 Å². The van der Waals surface area contributed by atoms with E-state index in [2.05, 4.69) is 19.1 Å². The number of benzene rings is 1. The number of nitrogens with zero attached hydrogens (tertiary/aromatic N) is 1. The fourth-order valence-corrected chi connectivity index (χ4v) is 2.85. The Hall–Kier alpha value is -1.35. The molecule has 0 spiro atoms. The summed E-state index contributed by atoms with van der Waals surface area (Å²) < 4.78 is 0. The van der Waals surface area contributed by atoms with Crippen molar-refractivity contribution in [3.8, 4) is 0 Å². The van der Waals surface area contributed by atoms with Crippen molar-refractivity contribution in [2.24, 2.45) is 5.73 Å². The van der Waals surface area contributed by atoms with Gasteiger partial charge in [0, 0.05) is 25.6 Å². The zero-order valence-corrected chi connectivity index (χ0v) is 11.8. The Kier molecular flexibility index (Phi) is 4.97. The number of likely N-dealkylation sites (tertiary alicyclic amines) is 1. The zero-order chi connectivity index (χ0) is 13.7. The summed E-state index contributed by atoms with van der Waals surface area (Å²) in [7, 11) is 0. The second-order valence-electron chi connectivity index (χ2n) is 5.40. The van der Waals surface area contributed by atoms with Crippen LogP contribution in [0.15, 0.2) is 24.3 Å². The Morgan fingerprint density at radius 1 is 1.37 bits per heavy atom. The first-order valence-electron chi connectivity index (χ1n) is 7.26. The van der Waals surface area contributed by atoms with Crippen molar-refractivity contribution in [3.63, 3.8) is 0 Å². The molecule has 3 nitrogen and oxygen atoms in total. The number of amides is 1. The second kappa shape index (κ2) is 6.71. The van der Waals surface area contributed by atoms with Gasteiger partial charge in [0.05, 0.1) is 0 Å². The summed E-state index contributed by atoms with van der Waals surface area (Å²) in [4.78, 5) is 14.3. The molecule has 0 aliphatic carbocycles. The fraction of sp³-hybridized carbons (Fsp3) is 0.562. The highest BCUT2D eigenvalue weighted by Gasteiger charge is 2.24. The van der Waals surface area contributed by atoms with Crippen molar-refractivity contribution in [3.05, 3.63) is 35.4 Å². The van der Waals surface area contributed by atoms with Crippen molar-refractivity contribution in [1.82, 2.24) is 4.90 Å². The van der Waals surface area contributed by atoms with Gasteiger partial charge in [0.15, 0.2) is 0 Å². The molecule has 2 N–H and O–H groups in total. The van der Waals surface area contributed by atoms with Gasteiger partial charge in [-0.1, -0.05) is 24.3 Å². The zero-order valence-electron chi connectivity index (χ0n) is 11.8. The molecule has 1 heterocycles. The van der Waals surface area contributed by atoms with E-state index in [4.69, 9.17) is 5.73 Å². The van der Waals surface area contributed by atoms with Crippen LogP contribution >= 0.6 is 0 Å². The number of piperidine rings is 1. The third kappa shape index (κ3) is 3.57. The Balaban J connectivity index is 1.92. The van der Waals surface area contributed by atoms with Crippen LogP contribution in [-0.4, -0.2) is 29.9 Å². The smallest absolute Gasteiger partial charge is 0.223 e. The first kappa shape index (κ1) is 14.1. The molecule has 19 heavy (non-hydrogen) atoms. The molecule has 0 bridgehead atoms. The number of rotatable bonds is 4. The van der Waals surface area contributed by atoms with Crippen molar-refractivity contribution >= 4 is 5.91 Å². The van der Waals surface area contributed by atoms with Gasteiger partial charge in [0.2, 0.25) is 5.91 Å². The Bertz CT molecular complexity index is 431. The normalized spacial score (nSPS) is 19.5. The third-order valence-corrected chi connectivity index (χ3v) is 4.09. The Morgan fingerprint density at radius 3 is 2.89 bits per heavy atom. The van der Waals surface area contributed by atoms with Gasteiger partial charge in [-0.2, -0.15) is 0 Å². The van der Waals surface area contributed by atoms with Crippen molar-refractivity contribution in [1.29, 1.82) is 0 Å². The number of carbonyl (C=O) groups excluding carboxylic acids is 1. The van der Waals surface area contributed by atoms with Gasteiger partial charge in [-0.3, -0.25) is 4.79 Å². The molecule has 0 unspecified atom stereocenters. The van der Waals surface area contributed by atoms with E-state index < -0.39 is 0 Å². The first-order valence-corrected chi connectivity index (χ1v) is 7.26. The molecule has 104 valence electrons. The van der Waals surface area contributed by atoms with Gasteiger partial charge in [0.1, 0.15) is 0 Å². The standard InChI is InChI=1S/C16H24N2O/c1-13-6-2-3-7-14(13)9-10-16(19)18-11-5-4-8-15(18)12-17/h2-3,6-7,15H,4-5,8-12,17H2,1H3/t15-/m1/s1. The molecule has 1 aliphatic rings. The van der Waals surface area contributed by atoms with E-state index in [0.717, 1.165) is 25.8 Å². The van der Waals surface area contributed by atoms with Crippen molar-refractivity contribution in [2.45, 2.75) is 45.1 Å². The fourth-order valence-electron chi connectivity index (χ4n) is 2.85. The molecule has 1 aromatic rings. The minimum absolute atomic E-state index is 0.262. The lowest BCUT2D eigenvalue weighted by atomic mass is 10.00. The maximum Gasteiger partial charge on any atom is 0.223 e. The summed E-state index contributed by atoms with van der Waals surface area (Å²) in [6.45, 7) is 3.58. The van der Waals surface area contributed by atoms with Crippen LogP contribution in [0.3, 0.4) is 0 Å². The van der Waals surface area contributed by atoms with E-state index in [1.54, 1.807) is 0 Å². The highest BCUT2D eigenvalue weighted by atomic mass is 16.2. The Labute approximate surface area is 115 Å². The molecule has 0 aromatic heterocycles. The summed E-state index contributed by atoms with van der Waals surface area (Å²) in [6.07, 6.45) is 4.81. The predicted molar refractivity (Wildman–Crippen MR) is 77.9 cm³/mol. The van der Waals surface area contributed by atoms with Crippen LogP contribution in [0.2, 0.25) is 0 Å². The maximum atomic E-state index is 12.3. The van der Waals surface area contributed by atoms with Gasteiger partial charge in [-0.05, 0) is 43.7 Å². The van der Waals surface area contributed by atoms with Crippen LogP contribution in [0.4, 0.5) is 0 Å². The number of nitrogens with two attached hydrogens (primary N) is 1. The molecule has 1 aromatic carbocycles. The molecular formula is C16H24N2O. The van der Waals surface area contributed by atoms with E-state index in [9.17, 15) is 4.79 Å². The summed E-state index contributed by atoms with van der Waals surface area (Å²) >= 11 is 0. The quantitative estimate of drug-likeness (QED) is 0.902. The highest BCUT2D eigenvalue weighted by Crippen LogP contribution is 2.18. The summed E-state index contributed by atoms with van der Waals surface area (Å²) in [5.74, 6) is 0.262. The minimum atomic E-state index is 0.262. The number of aryl methyl sites for hydroxylation is 2. The van der Waals surface area contributed by atoms with Gasteiger partial charge >= 0.3 is 0 Å². The average molecular weight is 260 g/mol. The third-order valence-electron chi connectivity index (χ3n) is 4.09. The van der Waals surface area contributed by atoms with Crippen LogP contribution < -0.4 is 5.73 Å². The summed E-state index contributed by atoms with van der Waals surface area (Å²) in [5.41, 5.74) is 8.31. The SMILES string of the molecule is Cc1ccccc1CCC(=O)N1CCCC[C@@H]1CN. The van der Waals surface area contributed by atoms with Crippen LogP contribution in [0.5, 0.6) is 0 Å². The van der Waals surface area contributed by atoms with Crippen molar-refractivity contribution in [2.75, 3.05) is 13.1 Å². The van der Waals surface area contributed by atoms with Gasteiger partial charge in [-0.25, -0.2) is 0 Å². The van der Waals surface area contributed by atoms with Gasteiger partial charge < -0.3 is 10.6 Å².